The summed E-state index contributed by atoms with van der Waals surface area (Å²) in [6.07, 6.45) is 0. The van der Waals surface area contributed by atoms with Gasteiger partial charge in [0.05, 0.1) is 18.3 Å². The molecular weight excluding hydrogens is 525 g/mol. The zero-order valence-corrected chi connectivity index (χ0v) is 22.3. The Bertz CT molecular complexity index is 844. The van der Waals surface area contributed by atoms with E-state index in [4.69, 9.17) is 4.74 Å². The normalized spacial score (nSPS) is 13.3. The van der Waals surface area contributed by atoms with Crippen molar-refractivity contribution in [3.8, 4) is 0 Å². The number of rotatable bonds is 9. The highest BCUT2D eigenvalue weighted by Gasteiger charge is 2.20. The van der Waals surface area contributed by atoms with Gasteiger partial charge in [-0.2, -0.15) is 0 Å². The van der Waals surface area contributed by atoms with Crippen LogP contribution in [-0.4, -0.2) is 55.1 Å². The van der Waals surface area contributed by atoms with Gasteiger partial charge < -0.3 is 15.4 Å². The maximum absolute atomic E-state index is 12.0. The lowest BCUT2D eigenvalue weighted by Gasteiger charge is -2.26. The van der Waals surface area contributed by atoms with Crippen molar-refractivity contribution < 1.29 is 9.53 Å². The second-order valence-corrected chi connectivity index (χ2v) is 8.29. The molecule has 7 nitrogen and oxygen atoms in total. The molecule has 0 radical (unpaired) electrons. The Labute approximate surface area is 206 Å². The second-order valence-electron chi connectivity index (χ2n) is 7.26. The molecule has 172 valence electrons. The van der Waals surface area contributed by atoms with Gasteiger partial charge in [-0.15, -0.1) is 35.3 Å². The van der Waals surface area contributed by atoms with Gasteiger partial charge in [-0.05, 0) is 40.3 Å². The fourth-order valence-corrected chi connectivity index (χ4v) is 3.84. The van der Waals surface area contributed by atoms with E-state index >= 15 is 0 Å². The van der Waals surface area contributed by atoms with Gasteiger partial charge in [-0.25, -0.2) is 9.78 Å². The minimum absolute atomic E-state index is 0. The van der Waals surface area contributed by atoms with E-state index < -0.39 is 0 Å². The Kier molecular flexibility index (Phi) is 12.0. The van der Waals surface area contributed by atoms with Crippen LogP contribution in [0.4, 0.5) is 0 Å². The van der Waals surface area contributed by atoms with E-state index in [1.807, 2.05) is 19.9 Å². The number of ether oxygens (including phenoxy) is 1. The van der Waals surface area contributed by atoms with Crippen molar-refractivity contribution in [3.63, 3.8) is 0 Å². The van der Waals surface area contributed by atoms with Crippen molar-refractivity contribution in [2.24, 2.45) is 4.99 Å². The van der Waals surface area contributed by atoms with E-state index in [1.54, 1.807) is 14.0 Å². The summed E-state index contributed by atoms with van der Waals surface area (Å²) in [6.45, 7) is 9.81. The molecular formula is C22H34IN5O2S. The van der Waals surface area contributed by atoms with Crippen molar-refractivity contribution in [3.05, 3.63) is 51.5 Å². The van der Waals surface area contributed by atoms with E-state index in [0.29, 0.717) is 29.2 Å². The van der Waals surface area contributed by atoms with Gasteiger partial charge in [0, 0.05) is 26.2 Å². The highest BCUT2D eigenvalue weighted by Crippen LogP contribution is 2.24. The Morgan fingerprint density at radius 1 is 1.29 bits per heavy atom. The monoisotopic (exact) mass is 559 g/mol. The molecule has 1 aromatic heterocycles. The van der Waals surface area contributed by atoms with Crippen molar-refractivity contribution >= 4 is 47.2 Å². The highest BCUT2D eigenvalue weighted by molar-refractivity contribution is 14.0. The summed E-state index contributed by atoms with van der Waals surface area (Å²) in [4.78, 5) is 23.8. The average molecular weight is 560 g/mol. The third-order valence-corrected chi connectivity index (χ3v) is 6.13. The highest BCUT2D eigenvalue weighted by atomic mass is 127. The first-order valence-electron chi connectivity index (χ1n) is 10.2. The molecule has 1 aromatic carbocycles. The molecule has 0 saturated heterocycles. The zero-order valence-electron chi connectivity index (χ0n) is 19.1. The van der Waals surface area contributed by atoms with E-state index in [0.717, 1.165) is 18.1 Å². The van der Waals surface area contributed by atoms with Gasteiger partial charge in [0.15, 0.2) is 5.96 Å². The summed E-state index contributed by atoms with van der Waals surface area (Å²) in [5.74, 6) is 0.386. The lowest BCUT2D eigenvalue weighted by molar-refractivity contribution is 0.0531. The topological polar surface area (TPSA) is 78.8 Å². The lowest BCUT2D eigenvalue weighted by atomic mass is 10.2. The van der Waals surface area contributed by atoms with E-state index in [-0.39, 0.29) is 36.0 Å². The third kappa shape index (κ3) is 8.38. The van der Waals surface area contributed by atoms with Crippen LogP contribution in [0.2, 0.25) is 0 Å². The molecule has 0 saturated carbocycles. The van der Waals surface area contributed by atoms with Crippen molar-refractivity contribution in [1.29, 1.82) is 0 Å². The molecule has 2 atom stereocenters. The fraction of sp³-hybridized carbons (Fsp3) is 0.500. The van der Waals surface area contributed by atoms with Crippen molar-refractivity contribution in [1.82, 2.24) is 20.5 Å². The molecule has 31 heavy (non-hydrogen) atoms. The van der Waals surface area contributed by atoms with Crippen LogP contribution in [0.5, 0.6) is 0 Å². The molecule has 9 heteroatoms. The van der Waals surface area contributed by atoms with Crippen LogP contribution >= 0.6 is 35.3 Å². The summed E-state index contributed by atoms with van der Waals surface area (Å²) in [5, 5.41) is 7.56. The maximum atomic E-state index is 12.0. The number of likely N-dealkylation sites (N-methyl/N-ethyl adjacent to an activating group) is 1. The van der Waals surface area contributed by atoms with E-state index in [2.05, 4.69) is 63.7 Å². The summed E-state index contributed by atoms with van der Waals surface area (Å²) >= 11 is 1.36. The molecule has 2 N–H and O–H groups in total. The van der Waals surface area contributed by atoms with Gasteiger partial charge >= 0.3 is 5.97 Å². The number of nitrogens with one attached hydrogen (secondary N) is 2. The molecule has 2 aromatic rings. The van der Waals surface area contributed by atoms with E-state index in [9.17, 15) is 4.79 Å². The Hall–Kier alpha value is -1.72. The number of aromatic nitrogens is 1. The van der Waals surface area contributed by atoms with Crippen molar-refractivity contribution in [2.45, 2.75) is 46.3 Å². The molecule has 0 bridgehead atoms. The van der Waals surface area contributed by atoms with E-state index in [1.165, 1.54) is 16.9 Å². The second kappa shape index (κ2) is 13.6. The van der Waals surface area contributed by atoms with Gasteiger partial charge in [0.25, 0.3) is 0 Å². The lowest BCUT2D eigenvalue weighted by Crippen LogP contribution is -2.45. The minimum atomic E-state index is -0.316. The van der Waals surface area contributed by atoms with Crippen LogP contribution in [0.25, 0.3) is 0 Å². The van der Waals surface area contributed by atoms with Gasteiger partial charge in [-0.3, -0.25) is 9.89 Å². The van der Waals surface area contributed by atoms with Gasteiger partial charge in [-0.1, -0.05) is 30.3 Å². The number of aliphatic imine (C=N–C) groups is 1. The first-order chi connectivity index (χ1) is 14.3. The predicted molar refractivity (Wildman–Crippen MR) is 139 cm³/mol. The van der Waals surface area contributed by atoms with Crippen molar-refractivity contribution in [2.75, 3.05) is 27.2 Å². The number of guanidine groups is 1. The number of halogens is 1. The average Bonchev–Trinajstić information content (AvgIpc) is 3.13. The standard InChI is InChI=1S/C22H33N5O2S.HI/c1-7-29-21(28)19-16(3)25-20(30-19)17(4)26-22(23-5)24-13-15(2)27(6)14-18-11-9-8-10-12-18;/h8-12,15,17H,7,13-14H2,1-6H3,(H2,23,24,26);1H. The maximum Gasteiger partial charge on any atom is 0.350 e. The summed E-state index contributed by atoms with van der Waals surface area (Å²) in [6, 6.07) is 10.7. The number of esters is 1. The molecule has 2 rings (SSSR count). The number of benzene rings is 1. The molecule has 2 unspecified atom stereocenters. The molecule has 1 heterocycles. The number of hydrogen-bond acceptors (Lipinski definition) is 6. The molecule has 0 aliphatic carbocycles. The first-order valence-corrected chi connectivity index (χ1v) is 11.0. The number of carbonyl (C=O) groups excluding carboxylic acids is 1. The van der Waals surface area contributed by atoms with Crippen LogP contribution in [0.3, 0.4) is 0 Å². The Morgan fingerprint density at radius 2 is 1.97 bits per heavy atom. The summed E-state index contributed by atoms with van der Waals surface area (Å²) in [7, 11) is 3.87. The Morgan fingerprint density at radius 3 is 2.58 bits per heavy atom. The first kappa shape index (κ1) is 27.3. The van der Waals surface area contributed by atoms with Gasteiger partial charge in [0.2, 0.25) is 0 Å². The molecule has 0 fully saturated rings. The van der Waals surface area contributed by atoms with Crippen LogP contribution in [0.1, 0.15) is 52.7 Å². The van der Waals surface area contributed by atoms with Crippen LogP contribution in [0, 0.1) is 6.92 Å². The van der Waals surface area contributed by atoms with Crippen LogP contribution in [0.15, 0.2) is 35.3 Å². The number of aryl methyl sites for hydroxylation is 1. The predicted octanol–water partition coefficient (Wildman–Crippen LogP) is 3.99. The number of hydrogen-bond donors (Lipinski definition) is 2. The summed E-state index contributed by atoms with van der Waals surface area (Å²) in [5.41, 5.74) is 1.99. The van der Waals surface area contributed by atoms with Crippen LogP contribution in [-0.2, 0) is 11.3 Å². The third-order valence-electron chi connectivity index (χ3n) is 4.81. The largest absolute Gasteiger partial charge is 0.462 e. The fourth-order valence-electron chi connectivity index (χ4n) is 2.88. The van der Waals surface area contributed by atoms with Gasteiger partial charge in [0.1, 0.15) is 9.88 Å². The minimum Gasteiger partial charge on any atom is -0.462 e. The summed E-state index contributed by atoms with van der Waals surface area (Å²) < 4.78 is 5.10. The molecule has 0 amide bonds. The smallest absolute Gasteiger partial charge is 0.350 e. The zero-order chi connectivity index (χ0) is 22.1. The molecule has 0 aliphatic rings. The molecule has 0 spiro atoms. The number of thiazole rings is 1. The SMILES string of the molecule is CCOC(=O)c1sc(C(C)NC(=NC)NCC(C)N(C)Cc2ccccc2)nc1C.I. The quantitative estimate of drug-likeness (QED) is 0.210. The number of carbonyl (C=O) groups is 1. The Balaban J connectivity index is 0.00000480. The van der Waals surface area contributed by atoms with Crippen LogP contribution < -0.4 is 10.6 Å². The molecule has 0 aliphatic heterocycles. The number of nitrogens with zero attached hydrogens (tertiary/aromatic N) is 3.